The van der Waals surface area contributed by atoms with Crippen LogP contribution in [-0.4, -0.2) is 30.8 Å². The highest BCUT2D eigenvalue weighted by molar-refractivity contribution is 6.40. The molecule has 0 aromatic heterocycles. The van der Waals surface area contributed by atoms with E-state index in [1.54, 1.807) is 37.3 Å². The summed E-state index contributed by atoms with van der Waals surface area (Å²) in [6.07, 6.45) is 1.55. The number of para-hydroxylation sites is 1. The Balaban J connectivity index is 2.85. The fourth-order valence-electron chi connectivity index (χ4n) is 1.47. The molecule has 0 saturated carbocycles. The van der Waals surface area contributed by atoms with Gasteiger partial charge in [-0.1, -0.05) is 18.2 Å². The summed E-state index contributed by atoms with van der Waals surface area (Å²) in [5, 5.41) is 7.41. The minimum atomic E-state index is -0.809. The van der Waals surface area contributed by atoms with Crippen LogP contribution < -0.4 is 16.0 Å². The van der Waals surface area contributed by atoms with E-state index in [4.69, 9.17) is 0 Å². The van der Waals surface area contributed by atoms with Crippen LogP contribution in [-0.2, 0) is 9.59 Å². The van der Waals surface area contributed by atoms with Gasteiger partial charge in [0.25, 0.3) is 5.91 Å². The first-order valence-electron chi connectivity index (χ1n) is 6.17. The van der Waals surface area contributed by atoms with Crippen LogP contribution in [0.5, 0.6) is 0 Å². The second-order valence-corrected chi connectivity index (χ2v) is 3.86. The Labute approximate surface area is 117 Å². The van der Waals surface area contributed by atoms with Crippen molar-refractivity contribution < 1.29 is 14.4 Å². The summed E-state index contributed by atoms with van der Waals surface area (Å²) < 4.78 is 0. The molecule has 6 nitrogen and oxygen atoms in total. The molecule has 0 fully saturated rings. The number of benzene rings is 1. The van der Waals surface area contributed by atoms with E-state index in [1.165, 1.54) is 0 Å². The van der Waals surface area contributed by atoms with Crippen molar-refractivity contribution >= 4 is 23.4 Å². The molecule has 0 unspecified atom stereocenters. The van der Waals surface area contributed by atoms with Crippen molar-refractivity contribution in [3.8, 4) is 0 Å². The number of carbonyl (C=O) groups excluding carboxylic acids is 3. The molecule has 0 aliphatic carbocycles. The first-order valence-corrected chi connectivity index (χ1v) is 6.17. The molecule has 3 N–H and O–H groups in total. The van der Waals surface area contributed by atoms with Crippen molar-refractivity contribution in [2.24, 2.45) is 0 Å². The lowest BCUT2D eigenvalue weighted by molar-refractivity contribution is -0.136. The molecular weight excluding hydrogens is 258 g/mol. The lowest BCUT2D eigenvalue weighted by Gasteiger charge is -2.10. The maximum Gasteiger partial charge on any atom is 0.313 e. The fraction of sp³-hybridized carbons (Fsp3) is 0.214. The highest BCUT2D eigenvalue weighted by Gasteiger charge is 2.16. The van der Waals surface area contributed by atoms with Gasteiger partial charge in [0.15, 0.2) is 0 Å². The molecule has 1 aromatic rings. The number of rotatable bonds is 5. The van der Waals surface area contributed by atoms with Crippen LogP contribution in [0.25, 0.3) is 0 Å². The predicted molar refractivity (Wildman–Crippen MR) is 76.3 cm³/mol. The van der Waals surface area contributed by atoms with Crippen molar-refractivity contribution in [3.05, 3.63) is 42.5 Å². The Morgan fingerprint density at radius 1 is 1.15 bits per heavy atom. The Morgan fingerprint density at radius 2 is 1.85 bits per heavy atom. The van der Waals surface area contributed by atoms with Crippen LogP contribution in [0.2, 0.25) is 0 Å². The van der Waals surface area contributed by atoms with Crippen LogP contribution >= 0.6 is 0 Å². The van der Waals surface area contributed by atoms with Crippen LogP contribution in [0, 0.1) is 0 Å². The molecule has 106 valence electrons. The van der Waals surface area contributed by atoms with Crippen LogP contribution in [0.1, 0.15) is 17.3 Å². The van der Waals surface area contributed by atoms with E-state index in [9.17, 15) is 14.4 Å². The van der Waals surface area contributed by atoms with Crippen LogP contribution in [0.15, 0.2) is 36.9 Å². The Hall–Kier alpha value is -2.63. The largest absolute Gasteiger partial charge is 0.349 e. The van der Waals surface area contributed by atoms with Gasteiger partial charge in [0.1, 0.15) is 0 Å². The molecule has 0 spiro atoms. The van der Waals surface area contributed by atoms with Crippen molar-refractivity contribution in [3.63, 3.8) is 0 Å². The van der Waals surface area contributed by atoms with Crippen molar-refractivity contribution in [2.75, 3.05) is 18.4 Å². The molecule has 1 aromatic carbocycles. The van der Waals surface area contributed by atoms with Crippen molar-refractivity contribution in [1.82, 2.24) is 10.6 Å². The van der Waals surface area contributed by atoms with Gasteiger partial charge in [0.2, 0.25) is 0 Å². The lowest BCUT2D eigenvalue weighted by Crippen LogP contribution is -2.35. The molecule has 1 rings (SSSR count). The first-order chi connectivity index (χ1) is 9.60. The lowest BCUT2D eigenvalue weighted by atomic mass is 10.1. The minimum Gasteiger partial charge on any atom is -0.349 e. The van der Waals surface area contributed by atoms with E-state index in [-0.39, 0.29) is 17.2 Å². The van der Waals surface area contributed by atoms with Crippen LogP contribution in [0.3, 0.4) is 0 Å². The molecule has 0 radical (unpaired) electrons. The molecular formula is C14H17N3O3. The zero-order chi connectivity index (χ0) is 15.0. The van der Waals surface area contributed by atoms with E-state index >= 15 is 0 Å². The number of likely N-dealkylation sites (N-methyl/N-ethyl adjacent to an activating group) is 1. The number of anilines is 1. The van der Waals surface area contributed by atoms with Gasteiger partial charge in [-0.3, -0.25) is 14.4 Å². The van der Waals surface area contributed by atoms with Gasteiger partial charge in [-0.2, -0.15) is 0 Å². The van der Waals surface area contributed by atoms with E-state index < -0.39 is 11.8 Å². The Morgan fingerprint density at radius 3 is 2.50 bits per heavy atom. The topological polar surface area (TPSA) is 87.3 Å². The van der Waals surface area contributed by atoms with E-state index in [0.717, 1.165) is 0 Å². The van der Waals surface area contributed by atoms with Gasteiger partial charge in [0, 0.05) is 13.1 Å². The van der Waals surface area contributed by atoms with Gasteiger partial charge in [0.05, 0.1) is 11.3 Å². The number of carbonyl (C=O) groups is 3. The summed E-state index contributed by atoms with van der Waals surface area (Å²) in [7, 11) is 0. The molecule has 0 saturated heterocycles. The number of hydrogen-bond donors (Lipinski definition) is 3. The number of hydrogen-bond acceptors (Lipinski definition) is 3. The van der Waals surface area contributed by atoms with Crippen molar-refractivity contribution in [2.45, 2.75) is 6.92 Å². The predicted octanol–water partition coefficient (Wildman–Crippen LogP) is 0.677. The summed E-state index contributed by atoms with van der Waals surface area (Å²) in [5.74, 6) is -1.90. The first kappa shape index (κ1) is 15.4. The summed E-state index contributed by atoms with van der Waals surface area (Å²) >= 11 is 0. The quantitative estimate of drug-likeness (QED) is 0.545. The third-order valence-corrected chi connectivity index (χ3v) is 2.37. The van der Waals surface area contributed by atoms with E-state index in [2.05, 4.69) is 22.5 Å². The van der Waals surface area contributed by atoms with Crippen LogP contribution in [0.4, 0.5) is 5.69 Å². The zero-order valence-corrected chi connectivity index (χ0v) is 11.2. The van der Waals surface area contributed by atoms with Gasteiger partial charge >= 0.3 is 11.8 Å². The SMILES string of the molecule is C=CCNC(=O)c1ccccc1NC(=O)C(=O)NCC. The maximum atomic E-state index is 11.9. The fourth-order valence-corrected chi connectivity index (χ4v) is 1.47. The molecule has 6 heteroatoms. The normalized spacial score (nSPS) is 9.45. The Kier molecular flexibility index (Phi) is 5.96. The van der Waals surface area contributed by atoms with E-state index in [0.29, 0.717) is 13.1 Å². The molecule has 3 amide bonds. The summed E-state index contributed by atoms with van der Waals surface area (Å²) in [6.45, 7) is 5.89. The molecule has 0 heterocycles. The molecule has 0 aliphatic heterocycles. The zero-order valence-electron chi connectivity index (χ0n) is 11.2. The average Bonchev–Trinajstić information content (AvgIpc) is 2.45. The summed E-state index contributed by atoms with van der Waals surface area (Å²) in [6, 6.07) is 6.45. The van der Waals surface area contributed by atoms with Gasteiger partial charge in [-0.25, -0.2) is 0 Å². The van der Waals surface area contributed by atoms with Gasteiger partial charge in [-0.15, -0.1) is 6.58 Å². The minimum absolute atomic E-state index is 0.283. The second kappa shape index (κ2) is 7.73. The Bertz CT molecular complexity index is 526. The molecule has 20 heavy (non-hydrogen) atoms. The maximum absolute atomic E-state index is 11.9. The second-order valence-electron chi connectivity index (χ2n) is 3.86. The molecule has 0 atom stereocenters. The highest BCUT2D eigenvalue weighted by atomic mass is 16.2. The highest BCUT2D eigenvalue weighted by Crippen LogP contribution is 2.14. The number of amides is 3. The third kappa shape index (κ3) is 4.24. The summed E-state index contributed by atoms with van der Waals surface area (Å²) in [5.41, 5.74) is 0.567. The van der Waals surface area contributed by atoms with Crippen molar-refractivity contribution in [1.29, 1.82) is 0 Å². The molecule has 0 bridgehead atoms. The third-order valence-electron chi connectivity index (χ3n) is 2.37. The smallest absolute Gasteiger partial charge is 0.313 e. The average molecular weight is 275 g/mol. The van der Waals surface area contributed by atoms with E-state index in [1.807, 2.05) is 0 Å². The monoisotopic (exact) mass is 275 g/mol. The van der Waals surface area contributed by atoms with Gasteiger partial charge < -0.3 is 16.0 Å². The standard InChI is InChI=1S/C14H17N3O3/c1-3-9-16-12(18)10-7-5-6-8-11(10)17-14(20)13(19)15-4-2/h3,5-8H,1,4,9H2,2H3,(H,15,19)(H,16,18)(H,17,20). The number of nitrogens with one attached hydrogen (secondary N) is 3. The summed E-state index contributed by atoms with van der Waals surface area (Å²) in [4.78, 5) is 34.9. The van der Waals surface area contributed by atoms with Gasteiger partial charge in [-0.05, 0) is 19.1 Å². The molecule has 0 aliphatic rings.